The van der Waals surface area contributed by atoms with E-state index in [4.69, 9.17) is 23.2 Å². The SMILES string of the molecule is CCNC(=O)Cn1c(=CC(=O)C(C)(C)C)sc(=Cc2ccc(Cl)c(Cl)c2)c1=O. The van der Waals surface area contributed by atoms with Gasteiger partial charge in [-0.05, 0) is 30.7 Å². The first-order valence-electron chi connectivity index (χ1n) is 8.72. The summed E-state index contributed by atoms with van der Waals surface area (Å²) in [6, 6.07) is 5.04. The molecule has 150 valence electrons. The first kappa shape index (κ1) is 22.4. The Labute approximate surface area is 177 Å². The third kappa shape index (κ3) is 5.56. The average Bonchev–Trinajstić information content (AvgIpc) is 2.86. The lowest BCUT2D eigenvalue weighted by Crippen LogP contribution is -2.38. The van der Waals surface area contributed by atoms with Gasteiger partial charge in [-0.25, -0.2) is 0 Å². The Morgan fingerprint density at radius 1 is 1.21 bits per heavy atom. The van der Waals surface area contributed by atoms with Gasteiger partial charge in [0, 0.05) is 18.0 Å². The number of hydrogen-bond donors (Lipinski definition) is 1. The fraction of sp³-hybridized carbons (Fsp3) is 0.350. The van der Waals surface area contributed by atoms with Crippen molar-refractivity contribution in [3.63, 3.8) is 0 Å². The molecule has 5 nitrogen and oxygen atoms in total. The molecule has 0 spiro atoms. The van der Waals surface area contributed by atoms with Crippen LogP contribution in [0.1, 0.15) is 33.3 Å². The summed E-state index contributed by atoms with van der Waals surface area (Å²) in [5.41, 5.74) is -0.230. The molecule has 0 atom stereocenters. The van der Waals surface area contributed by atoms with E-state index >= 15 is 0 Å². The van der Waals surface area contributed by atoms with Gasteiger partial charge in [0.05, 0.1) is 14.6 Å². The standard InChI is InChI=1S/C20H22Cl2N2O3S/c1-5-23-17(26)11-24-18(10-16(25)20(2,3)4)28-15(19(24)27)9-12-6-7-13(21)14(22)8-12/h6-10H,5,11H2,1-4H3,(H,23,26). The molecule has 1 aromatic heterocycles. The van der Waals surface area contributed by atoms with Crippen LogP contribution in [0, 0.1) is 5.41 Å². The number of halogens is 2. The van der Waals surface area contributed by atoms with Crippen LogP contribution in [0.15, 0.2) is 23.0 Å². The zero-order chi connectivity index (χ0) is 21.1. The summed E-state index contributed by atoms with van der Waals surface area (Å²) in [6.07, 6.45) is 3.10. The highest BCUT2D eigenvalue weighted by molar-refractivity contribution is 7.07. The van der Waals surface area contributed by atoms with Crippen LogP contribution in [0.2, 0.25) is 10.0 Å². The summed E-state index contributed by atoms with van der Waals surface area (Å²) in [6.45, 7) is 7.51. The number of aromatic nitrogens is 1. The van der Waals surface area contributed by atoms with E-state index < -0.39 is 5.41 Å². The van der Waals surface area contributed by atoms with Crippen molar-refractivity contribution in [2.24, 2.45) is 5.41 Å². The van der Waals surface area contributed by atoms with Crippen molar-refractivity contribution in [2.75, 3.05) is 6.54 Å². The van der Waals surface area contributed by atoms with Gasteiger partial charge < -0.3 is 5.32 Å². The van der Waals surface area contributed by atoms with E-state index in [1.54, 1.807) is 52.0 Å². The van der Waals surface area contributed by atoms with Crippen molar-refractivity contribution in [3.8, 4) is 0 Å². The molecular formula is C20H22Cl2N2O3S. The first-order chi connectivity index (χ1) is 13.0. The molecule has 0 radical (unpaired) electrons. The molecule has 1 amide bonds. The summed E-state index contributed by atoms with van der Waals surface area (Å²) in [5.74, 6) is -0.416. The van der Waals surface area contributed by atoms with E-state index in [2.05, 4.69) is 5.32 Å². The smallest absolute Gasteiger partial charge is 0.269 e. The average molecular weight is 441 g/mol. The lowest BCUT2D eigenvalue weighted by Gasteiger charge is -2.12. The fourth-order valence-electron chi connectivity index (χ4n) is 2.27. The molecule has 2 aromatic rings. The highest BCUT2D eigenvalue weighted by Gasteiger charge is 2.20. The Morgan fingerprint density at radius 2 is 1.89 bits per heavy atom. The van der Waals surface area contributed by atoms with Gasteiger partial charge in [0.1, 0.15) is 11.2 Å². The number of amides is 1. The largest absolute Gasteiger partial charge is 0.355 e. The van der Waals surface area contributed by atoms with Crippen molar-refractivity contribution in [1.29, 1.82) is 0 Å². The van der Waals surface area contributed by atoms with Gasteiger partial charge in [-0.1, -0.05) is 50.0 Å². The Kier molecular flexibility index (Phi) is 7.26. The van der Waals surface area contributed by atoms with Crippen LogP contribution in [-0.2, 0) is 16.1 Å². The van der Waals surface area contributed by atoms with Crippen LogP contribution in [0.25, 0.3) is 12.2 Å². The molecule has 8 heteroatoms. The molecule has 0 saturated carbocycles. The molecule has 1 aromatic carbocycles. The van der Waals surface area contributed by atoms with Crippen molar-refractivity contribution in [2.45, 2.75) is 34.2 Å². The van der Waals surface area contributed by atoms with E-state index in [-0.39, 0.29) is 23.8 Å². The van der Waals surface area contributed by atoms with Crippen LogP contribution in [0.4, 0.5) is 0 Å². The summed E-state index contributed by atoms with van der Waals surface area (Å²) in [4.78, 5) is 37.4. The summed E-state index contributed by atoms with van der Waals surface area (Å²) >= 11 is 13.1. The van der Waals surface area contributed by atoms with Crippen molar-refractivity contribution < 1.29 is 9.59 Å². The normalized spacial score (nSPS) is 13.1. The number of nitrogens with one attached hydrogen (secondary N) is 1. The van der Waals surface area contributed by atoms with E-state index in [0.717, 1.165) is 11.3 Å². The Balaban J connectivity index is 2.65. The lowest BCUT2D eigenvalue weighted by atomic mass is 9.91. The van der Waals surface area contributed by atoms with E-state index in [9.17, 15) is 14.4 Å². The second kappa shape index (κ2) is 9.07. The van der Waals surface area contributed by atoms with Gasteiger partial charge in [0.25, 0.3) is 5.56 Å². The zero-order valence-corrected chi connectivity index (χ0v) is 18.5. The molecule has 0 fully saturated rings. The van der Waals surface area contributed by atoms with Crippen molar-refractivity contribution in [1.82, 2.24) is 9.88 Å². The van der Waals surface area contributed by atoms with Crippen LogP contribution >= 0.6 is 34.5 Å². The number of carbonyl (C=O) groups is 2. The van der Waals surface area contributed by atoms with Crippen molar-refractivity contribution in [3.05, 3.63) is 53.4 Å². The maximum atomic E-state index is 12.9. The van der Waals surface area contributed by atoms with Crippen LogP contribution in [0.5, 0.6) is 0 Å². The minimum atomic E-state index is -0.593. The van der Waals surface area contributed by atoms with Crippen LogP contribution < -0.4 is 20.1 Å². The number of hydrogen-bond acceptors (Lipinski definition) is 4. The van der Waals surface area contributed by atoms with Gasteiger partial charge in [0.15, 0.2) is 5.78 Å². The second-order valence-corrected chi connectivity index (χ2v) is 9.10. The van der Waals surface area contributed by atoms with Crippen molar-refractivity contribution >= 4 is 58.4 Å². The topological polar surface area (TPSA) is 68.2 Å². The molecule has 0 aliphatic carbocycles. The van der Waals surface area contributed by atoms with Gasteiger partial charge in [0.2, 0.25) is 5.91 Å². The molecule has 2 rings (SSSR count). The molecule has 1 N–H and O–H groups in total. The highest BCUT2D eigenvalue weighted by atomic mass is 35.5. The number of nitrogens with zero attached hydrogens (tertiary/aromatic N) is 1. The summed E-state index contributed by atoms with van der Waals surface area (Å²) in [7, 11) is 0. The molecular weight excluding hydrogens is 419 g/mol. The minimum absolute atomic E-state index is 0.125. The number of benzene rings is 1. The molecule has 0 bridgehead atoms. The Hall–Kier alpha value is -1.89. The molecule has 1 heterocycles. The maximum absolute atomic E-state index is 12.9. The Bertz CT molecular complexity index is 1080. The van der Waals surface area contributed by atoms with Crippen LogP contribution in [-0.4, -0.2) is 22.8 Å². The summed E-state index contributed by atoms with van der Waals surface area (Å²) < 4.78 is 2.15. The van der Waals surface area contributed by atoms with Gasteiger partial charge in [-0.2, -0.15) is 0 Å². The van der Waals surface area contributed by atoms with E-state index in [1.165, 1.54) is 10.6 Å². The fourth-order valence-corrected chi connectivity index (χ4v) is 3.62. The lowest BCUT2D eigenvalue weighted by molar-refractivity contribution is -0.122. The predicted molar refractivity (Wildman–Crippen MR) is 115 cm³/mol. The van der Waals surface area contributed by atoms with Gasteiger partial charge >= 0.3 is 0 Å². The molecule has 28 heavy (non-hydrogen) atoms. The maximum Gasteiger partial charge on any atom is 0.269 e. The molecule has 0 saturated heterocycles. The number of carbonyl (C=O) groups excluding carboxylic acids is 2. The summed E-state index contributed by atoms with van der Waals surface area (Å²) in [5, 5.41) is 3.47. The number of rotatable bonds is 5. The number of thiazole rings is 1. The molecule has 0 unspecified atom stereocenters. The highest BCUT2D eigenvalue weighted by Crippen LogP contribution is 2.22. The van der Waals surface area contributed by atoms with E-state index in [1.807, 2.05) is 0 Å². The third-order valence-electron chi connectivity index (χ3n) is 3.85. The number of likely N-dealkylation sites (N-methyl/N-ethyl adjacent to an activating group) is 1. The van der Waals surface area contributed by atoms with Crippen LogP contribution in [0.3, 0.4) is 0 Å². The second-order valence-electron chi connectivity index (χ2n) is 7.23. The zero-order valence-electron chi connectivity index (χ0n) is 16.1. The van der Waals surface area contributed by atoms with E-state index in [0.29, 0.717) is 31.3 Å². The molecule has 0 aliphatic heterocycles. The molecule has 0 aliphatic rings. The van der Waals surface area contributed by atoms with Gasteiger partial charge in [-0.3, -0.25) is 19.0 Å². The third-order valence-corrected chi connectivity index (χ3v) is 5.65. The number of ketones is 1. The Morgan fingerprint density at radius 3 is 2.46 bits per heavy atom. The minimum Gasteiger partial charge on any atom is -0.355 e. The number of Topliss-reactive ketones (excluding diaryl/α,β-unsaturated/α-hetero) is 1. The monoisotopic (exact) mass is 440 g/mol. The first-order valence-corrected chi connectivity index (χ1v) is 10.3. The predicted octanol–water partition coefficient (Wildman–Crippen LogP) is 2.58. The quantitative estimate of drug-likeness (QED) is 0.776. The van der Waals surface area contributed by atoms with Gasteiger partial charge in [-0.15, -0.1) is 11.3 Å².